The summed E-state index contributed by atoms with van der Waals surface area (Å²) in [7, 11) is 0. The van der Waals surface area contributed by atoms with Crippen LogP contribution in [0.25, 0.3) is 0 Å². The van der Waals surface area contributed by atoms with Crippen LogP contribution in [0, 0.1) is 0 Å². The lowest BCUT2D eigenvalue weighted by atomic mass is 9.99. The van der Waals surface area contributed by atoms with Crippen LogP contribution in [-0.4, -0.2) is 44.7 Å². The molecule has 0 aliphatic carbocycles. The number of amides is 2. The van der Waals surface area contributed by atoms with E-state index in [0.29, 0.717) is 5.75 Å². The molecule has 2 atom stereocenters. The third-order valence-corrected chi connectivity index (χ3v) is 4.82. The van der Waals surface area contributed by atoms with Gasteiger partial charge in [-0.25, -0.2) is 9.59 Å². The fourth-order valence-electron chi connectivity index (χ4n) is 2.54. The van der Waals surface area contributed by atoms with Crippen molar-refractivity contribution in [2.45, 2.75) is 70.3 Å². The third kappa shape index (κ3) is 4.30. The molecule has 0 spiro atoms. The predicted octanol–water partition coefficient (Wildman–Crippen LogP) is 2.90. The van der Waals surface area contributed by atoms with Gasteiger partial charge in [0.1, 0.15) is 6.04 Å². The van der Waals surface area contributed by atoms with E-state index < -0.39 is 12.0 Å². The highest BCUT2D eigenvalue weighted by Gasteiger charge is 2.42. The Kier molecular flexibility index (Phi) is 6.17. The number of hydrogen-bond acceptors (Lipinski definition) is 3. The number of carbonyl (C=O) groups is 2. The SMILES string of the molecule is CCCC1SCC(C(=O)O)N1C(=O)NC(C)(C)CCC. The zero-order chi connectivity index (χ0) is 15.3. The Labute approximate surface area is 125 Å². The van der Waals surface area contributed by atoms with Gasteiger partial charge in [0, 0.05) is 11.3 Å². The average Bonchev–Trinajstić information content (AvgIpc) is 2.72. The third-order valence-electron chi connectivity index (χ3n) is 3.47. The summed E-state index contributed by atoms with van der Waals surface area (Å²) < 4.78 is 0. The largest absolute Gasteiger partial charge is 0.480 e. The lowest BCUT2D eigenvalue weighted by Gasteiger charge is -2.33. The maximum atomic E-state index is 12.5. The highest BCUT2D eigenvalue weighted by Crippen LogP contribution is 2.32. The molecule has 0 saturated carbocycles. The fraction of sp³-hybridized carbons (Fsp3) is 0.857. The van der Waals surface area contributed by atoms with Gasteiger partial charge in [-0.2, -0.15) is 0 Å². The number of carboxylic acid groups (broad SMARTS) is 1. The molecule has 5 nitrogen and oxygen atoms in total. The first-order valence-corrected chi connectivity index (χ1v) is 8.32. The Balaban J connectivity index is 2.81. The predicted molar refractivity (Wildman–Crippen MR) is 81.9 cm³/mol. The summed E-state index contributed by atoms with van der Waals surface area (Å²) in [6.07, 6.45) is 3.61. The van der Waals surface area contributed by atoms with Gasteiger partial charge >= 0.3 is 12.0 Å². The number of thioether (sulfide) groups is 1. The average molecular weight is 302 g/mol. The molecule has 6 heteroatoms. The molecule has 2 N–H and O–H groups in total. The van der Waals surface area contributed by atoms with Gasteiger partial charge in [-0.3, -0.25) is 4.90 Å². The Morgan fingerprint density at radius 3 is 2.50 bits per heavy atom. The highest BCUT2D eigenvalue weighted by atomic mass is 32.2. The highest BCUT2D eigenvalue weighted by molar-refractivity contribution is 8.00. The topological polar surface area (TPSA) is 69.6 Å². The van der Waals surface area contributed by atoms with E-state index in [-0.39, 0.29) is 16.9 Å². The summed E-state index contributed by atoms with van der Waals surface area (Å²) in [4.78, 5) is 25.3. The van der Waals surface area contributed by atoms with E-state index in [1.165, 1.54) is 4.90 Å². The van der Waals surface area contributed by atoms with E-state index >= 15 is 0 Å². The van der Waals surface area contributed by atoms with Crippen molar-refractivity contribution >= 4 is 23.8 Å². The molecule has 0 aromatic rings. The van der Waals surface area contributed by atoms with Crippen LogP contribution in [-0.2, 0) is 4.79 Å². The van der Waals surface area contributed by atoms with Crippen LogP contribution in [0.3, 0.4) is 0 Å². The lowest BCUT2D eigenvalue weighted by molar-refractivity contribution is -0.141. The summed E-state index contributed by atoms with van der Waals surface area (Å²) in [5, 5.41) is 12.2. The molecule has 0 radical (unpaired) electrons. The fourth-order valence-corrected chi connectivity index (χ4v) is 4.05. The van der Waals surface area contributed by atoms with Gasteiger partial charge in [-0.15, -0.1) is 11.8 Å². The second-order valence-corrected chi connectivity index (χ2v) is 7.11. The van der Waals surface area contributed by atoms with E-state index in [2.05, 4.69) is 12.2 Å². The number of nitrogens with one attached hydrogen (secondary N) is 1. The van der Waals surface area contributed by atoms with E-state index in [0.717, 1.165) is 25.7 Å². The van der Waals surface area contributed by atoms with Crippen molar-refractivity contribution in [1.29, 1.82) is 0 Å². The molecule has 1 aliphatic rings. The minimum absolute atomic E-state index is 0.0291. The van der Waals surface area contributed by atoms with Crippen LogP contribution < -0.4 is 5.32 Å². The van der Waals surface area contributed by atoms with E-state index in [1.807, 2.05) is 20.8 Å². The molecule has 0 bridgehead atoms. The molecular formula is C14H26N2O3S. The first-order valence-electron chi connectivity index (χ1n) is 7.27. The molecule has 0 aromatic carbocycles. The van der Waals surface area contributed by atoms with Crippen LogP contribution in [0.5, 0.6) is 0 Å². The van der Waals surface area contributed by atoms with Gasteiger partial charge in [0.25, 0.3) is 0 Å². The summed E-state index contributed by atoms with van der Waals surface area (Å²) in [6.45, 7) is 8.07. The van der Waals surface area contributed by atoms with E-state index in [1.54, 1.807) is 11.8 Å². The zero-order valence-corrected chi connectivity index (χ0v) is 13.6. The van der Waals surface area contributed by atoms with Crippen molar-refractivity contribution in [1.82, 2.24) is 10.2 Å². The van der Waals surface area contributed by atoms with Gasteiger partial charge in [0.05, 0.1) is 5.37 Å². The number of hydrogen-bond donors (Lipinski definition) is 2. The number of carboxylic acids is 1. The van der Waals surface area contributed by atoms with E-state index in [4.69, 9.17) is 0 Å². The minimum Gasteiger partial charge on any atom is -0.480 e. The van der Waals surface area contributed by atoms with Crippen LogP contribution >= 0.6 is 11.8 Å². The molecule has 1 rings (SSSR count). The molecular weight excluding hydrogens is 276 g/mol. The molecule has 116 valence electrons. The number of nitrogens with zero attached hydrogens (tertiary/aromatic N) is 1. The van der Waals surface area contributed by atoms with E-state index in [9.17, 15) is 14.7 Å². The first-order chi connectivity index (χ1) is 9.32. The van der Waals surface area contributed by atoms with Crippen molar-refractivity contribution in [3.05, 3.63) is 0 Å². The Morgan fingerprint density at radius 2 is 2.00 bits per heavy atom. The quantitative estimate of drug-likeness (QED) is 0.791. The number of rotatable bonds is 6. The van der Waals surface area contributed by atoms with Crippen molar-refractivity contribution < 1.29 is 14.7 Å². The Hall–Kier alpha value is -0.910. The molecule has 0 aromatic heterocycles. The summed E-state index contributed by atoms with van der Waals surface area (Å²) >= 11 is 1.56. The molecule has 1 fully saturated rings. The van der Waals surface area contributed by atoms with Crippen molar-refractivity contribution in [2.24, 2.45) is 0 Å². The molecule has 20 heavy (non-hydrogen) atoms. The van der Waals surface area contributed by atoms with Crippen molar-refractivity contribution in [2.75, 3.05) is 5.75 Å². The maximum absolute atomic E-state index is 12.5. The van der Waals surface area contributed by atoms with Gasteiger partial charge in [-0.05, 0) is 26.7 Å². The normalized spacial score (nSPS) is 22.9. The van der Waals surface area contributed by atoms with Crippen LogP contribution in [0.4, 0.5) is 4.79 Å². The lowest BCUT2D eigenvalue weighted by Crippen LogP contribution is -2.55. The van der Waals surface area contributed by atoms with Crippen LogP contribution in [0.15, 0.2) is 0 Å². The molecule has 1 saturated heterocycles. The minimum atomic E-state index is -0.917. The molecule has 1 heterocycles. The summed E-state index contributed by atoms with van der Waals surface area (Å²) in [5.41, 5.74) is -0.307. The van der Waals surface area contributed by atoms with Crippen molar-refractivity contribution in [3.63, 3.8) is 0 Å². The zero-order valence-electron chi connectivity index (χ0n) is 12.8. The van der Waals surface area contributed by atoms with Gasteiger partial charge in [0.2, 0.25) is 0 Å². The number of carbonyl (C=O) groups excluding carboxylic acids is 1. The summed E-state index contributed by atoms with van der Waals surface area (Å²) in [5.74, 6) is -0.443. The monoisotopic (exact) mass is 302 g/mol. The Morgan fingerprint density at radius 1 is 1.35 bits per heavy atom. The van der Waals surface area contributed by atoms with Gasteiger partial charge in [0.15, 0.2) is 0 Å². The molecule has 1 aliphatic heterocycles. The number of aliphatic carboxylic acids is 1. The number of urea groups is 1. The van der Waals surface area contributed by atoms with Crippen LogP contribution in [0.2, 0.25) is 0 Å². The second kappa shape index (κ2) is 7.20. The summed E-state index contributed by atoms with van der Waals surface area (Å²) in [6, 6.07) is -0.965. The smallest absolute Gasteiger partial charge is 0.327 e. The molecule has 2 unspecified atom stereocenters. The Bertz CT molecular complexity index is 360. The van der Waals surface area contributed by atoms with Gasteiger partial charge in [-0.1, -0.05) is 26.7 Å². The standard InChI is InChI=1S/C14H26N2O3S/c1-5-7-11-16(10(9-20-11)12(17)18)13(19)15-14(3,4)8-6-2/h10-11H,5-9H2,1-4H3,(H,15,19)(H,17,18). The first kappa shape index (κ1) is 17.1. The van der Waals surface area contributed by atoms with Crippen LogP contribution in [0.1, 0.15) is 53.4 Å². The second-order valence-electron chi connectivity index (χ2n) is 5.90. The molecule has 2 amide bonds. The maximum Gasteiger partial charge on any atom is 0.327 e. The van der Waals surface area contributed by atoms with Gasteiger partial charge < -0.3 is 10.4 Å². The van der Waals surface area contributed by atoms with Crippen molar-refractivity contribution in [3.8, 4) is 0 Å².